The molecule has 1 atom stereocenters. The standard InChI is InChI=1S/C13H21N/c1-3-4-10-13(14-2)11-12-8-6-5-7-9-12/h5-9,13-14H,3-4,10-11H2,1-2H3. The zero-order valence-electron chi connectivity index (χ0n) is 9.29. The first kappa shape index (κ1) is 11.3. The van der Waals surface area contributed by atoms with E-state index >= 15 is 0 Å². The lowest BCUT2D eigenvalue weighted by Crippen LogP contribution is -2.27. The van der Waals surface area contributed by atoms with Gasteiger partial charge in [0.15, 0.2) is 0 Å². The Kier molecular flexibility index (Phi) is 5.31. The van der Waals surface area contributed by atoms with Crippen molar-refractivity contribution >= 4 is 0 Å². The lowest BCUT2D eigenvalue weighted by molar-refractivity contribution is 0.498. The second-order valence-electron chi connectivity index (χ2n) is 3.82. The molecule has 0 bridgehead atoms. The third kappa shape index (κ3) is 3.93. The molecule has 78 valence electrons. The highest BCUT2D eigenvalue weighted by atomic mass is 14.9. The van der Waals surface area contributed by atoms with Crippen LogP contribution in [-0.2, 0) is 6.42 Å². The maximum absolute atomic E-state index is 3.39. The SMILES string of the molecule is CCCCC(Cc1ccccc1)NC. The van der Waals surface area contributed by atoms with Gasteiger partial charge in [-0.2, -0.15) is 0 Å². The molecule has 0 aromatic heterocycles. The van der Waals surface area contributed by atoms with Gasteiger partial charge in [0.25, 0.3) is 0 Å². The van der Waals surface area contributed by atoms with Crippen LogP contribution in [0.15, 0.2) is 30.3 Å². The van der Waals surface area contributed by atoms with Gasteiger partial charge in [-0.25, -0.2) is 0 Å². The third-order valence-electron chi connectivity index (χ3n) is 2.64. The molecule has 0 amide bonds. The molecule has 0 saturated carbocycles. The van der Waals surface area contributed by atoms with E-state index in [9.17, 15) is 0 Å². The Bertz CT molecular complexity index is 230. The van der Waals surface area contributed by atoms with Crippen molar-refractivity contribution in [3.05, 3.63) is 35.9 Å². The van der Waals surface area contributed by atoms with Gasteiger partial charge in [-0.3, -0.25) is 0 Å². The van der Waals surface area contributed by atoms with Crippen LogP contribution in [0.1, 0.15) is 31.7 Å². The molecule has 0 radical (unpaired) electrons. The van der Waals surface area contributed by atoms with Crippen LogP contribution < -0.4 is 5.32 Å². The molecule has 0 aliphatic carbocycles. The van der Waals surface area contributed by atoms with Gasteiger partial charge >= 0.3 is 0 Å². The Morgan fingerprint density at radius 1 is 1.21 bits per heavy atom. The Hall–Kier alpha value is -0.820. The minimum atomic E-state index is 0.636. The van der Waals surface area contributed by atoms with Crippen molar-refractivity contribution in [2.75, 3.05) is 7.05 Å². The maximum Gasteiger partial charge on any atom is 0.0104 e. The van der Waals surface area contributed by atoms with Crippen molar-refractivity contribution in [3.63, 3.8) is 0 Å². The Morgan fingerprint density at radius 2 is 1.93 bits per heavy atom. The van der Waals surface area contributed by atoms with Gasteiger partial charge < -0.3 is 5.32 Å². The van der Waals surface area contributed by atoms with Crippen LogP contribution in [0.5, 0.6) is 0 Å². The predicted molar refractivity (Wildman–Crippen MR) is 62.5 cm³/mol. The fourth-order valence-corrected chi connectivity index (χ4v) is 1.70. The summed E-state index contributed by atoms with van der Waals surface area (Å²) in [7, 11) is 2.06. The molecule has 1 nitrogen and oxygen atoms in total. The van der Waals surface area contributed by atoms with Gasteiger partial charge in [-0.05, 0) is 25.5 Å². The molecule has 1 rings (SSSR count). The molecule has 1 aromatic rings. The van der Waals surface area contributed by atoms with Gasteiger partial charge in [0, 0.05) is 6.04 Å². The molecule has 0 aliphatic heterocycles. The number of unbranched alkanes of at least 4 members (excludes halogenated alkanes) is 1. The highest BCUT2D eigenvalue weighted by molar-refractivity contribution is 5.15. The number of nitrogens with one attached hydrogen (secondary N) is 1. The molecule has 1 N–H and O–H groups in total. The van der Waals surface area contributed by atoms with E-state index in [1.165, 1.54) is 24.8 Å². The molecule has 0 fully saturated rings. The van der Waals surface area contributed by atoms with Crippen molar-refractivity contribution < 1.29 is 0 Å². The summed E-state index contributed by atoms with van der Waals surface area (Å²) >= 11 is 0. The fraction of sp³-hybridized carbons (Fsp3) is 0.538. The zero-order valence-corrected chi connectivity index (χ0v) is 9.29. The second kappa shape index (κ2) is 6.61. The van der Waals surface area contributed by atoms with E-state index in [-0.39, 0.29) is 0 Å². The van der Waals surface area contributed by atoms with E-state index < -0.39 is 0 Å². The van der Waals surface area contributed by atoms with Crippen molar-refractivity contribution in [2.24, 2.45) is 0 Å². The Balaban J connectivity index is 2.40. The normalized spacial score (nSPS) is 12.7. The summed E-state index contributed by atoms with van der Waals surface area (Å²) in [5.41, 5.74) is 1.43. The smallest absolute Gasteiger partial charge is 0.0104 e. The quantitative estimate of drug-likeness (QED) is 0.729. The van der Waals surface area contributed by atoms with Crippen molar-refractivity contribution in [1.82, 2.24) is 5.32 Å². The number of benzene rings is 1. The summed E-state index contributed by atoms with van der Waals surface area (Å²) in [5.74, 6) is 0. The lowest BCUT2D eigenvalue weighted by Gasteiger charge is -2.15. The van der Waals surface area contributed by atoms with Gasteiger partial charge in [0.05, 0.1) is 0 Å². The first-order valence-electron chi connectivity index (χ1n) is 5.58. The lowest BCUT2D eigenvalue weighted by atomic mass is 10.0. The van der Waals surface area contributed by atoms with Crippen LogP contribution in [0.4, 0.5) is 0 Å². The van der Waals surface area contributed by atoms with E-state index in [1.807, 2.05) is 0 Å². The third-order valence-corrected chi connectivity index (χ3v) is 2.64. The molecule has 14 heavy (non-hydrogen) atoms. The summed E-state index contributed by atoms with van der Waals surface area (Å²) in [4.78, 5) is 0. The van der Waals surface area contributed by atoms with Crippen LogP contribution in [0, 0.1) is 0 Å². The highest BCUT2D eigenvalue weighted by Gasteiger charge is 2.05. The van der Waals surface area contributed by atoms with E-state index in [4.69, 9.17) is 0 Å². The largest absolute Gasteiger partial charge is 0.317 e. The minimum absolute atomic E-state index is 0.636. The van der Waals surface area contributed by atoms with Crippen LogP contribution >= 0.6 is 0 Å². The van der Waals surface area contributed by atoms with Crippen LogP contribution in [0.2, 0.25) is 0 Å². The second-order valence-corrected chi connectivity index (χ2v) is 3.82. The van der Waals surface area contributed by atoms with E-state index in [2.05, 4.69) is 49.6 Å². The predicted octanol–water partition coefficient (Wildman–Crippen LogP) is 3.01. The van der Waals surface area contributed by atoms with Gasteiger partial charge in [-0.1, -0.05) is 50.1 Å². The average molecular weight is 191 g/mol. The molecule has 0 saturated heterocycles. The van der Waals surface area contributed by atoms with Crippen LogP contribution in [0.25, 0.3) is 0 Å². The topological polar surface area (TPSA) is 12.0 Å². The van der Waals surface area contributed by atoms with E-state index in [0.29, 0.717) is 6.04 Å². The van der Waals surface area contributed by atoms with Gasteiger partial charge in [0.1, 0.15) is 0 Å². The summed E-state index contributed by atoms with van der Waals surface area (Å²) in [6, 6.07) is 11.3. The Morgan fingerprint density at radius 3 is 2.50 bits per heavy atom. The number of hydrogen-bond acceptors (Lipinski definition) is 1. The molecule has 1 aromatic carbocycles. The molecule has 0 spiro atoms. The first-order chi connectivity index (χ1) is 6.86. The number of rotatable bonds is 6. The fourth-order valence-electron chi connectivity index (χ4n) is 1.70. The monoisotopic (exact) mass is 191 g/mol. The van der Waals surface area contributed by atoms with Gasteiger partial charge in [-0.15, -0.1) is 0 Å². The molecular weight excluding hydrogens is 170 g/mol. The molecule has 1 unspecified atom stereocenters. The average Bonchev–Trinajstić information content (AvgIpc) is 2.25. The molecule has 1 heteroatoms. The number of hydrogen-bond donors (Lipinski definition) is 1. The minimum Gasteiger partial charge on any atom is -0.317 e. The highest BCUT2D eigenvalue weighted by Crippen LogP contribution is 2.08. The molecule has 0 heterocycles. The summed E-state index contributed by atoms with van der Waals surface area (Å²) in [5, 5.41) is 3.39. The molecular formula is C13H21N. The van der Waals surface area contributed by atoms with Crippen molar-refractivity contribution in [2.45, 2.75) is 38.6 Å². The van der Waals surface area contributed by atoms with Crippen LogP contribution in [0.3, 0.4) is 0 Å². The summed E-state index contributed by atoms with van der Waals surface area (Å²) in [6.45, 7) is 2.25. The van der Waals surface area contributed by atoms with E-state index in [0.717, 1.165) is 6.42 Å². The Labute approximate surface area is 87.5 Å². The molecule has 0 aliphatic rings. The number of likely N-dealkylation sites (N-methyl/N-ethyl adjacent to an activating group) is 1. The van der Waals surface area contributed by atoms with Crippen molar-refractivity contribution in [1.29, 1.82) is 0 Å². The zero-order chi connectivity index (χ0) is 10.2. The maximum atomic E-state index is 3.39. The summed E-state index contributed by atoms with van der Waals surface area (Å²) in [6.07, 6.45) is 5.03. The first-order valence-corrected chi connectivity index (χ1v) is 5.58. The van der Waals surface area contributed by atoms with E-state index in [1.54, 1.807) is 0 Å². The summed E-state index contributed by atoms with van der Waals surface area (Å²) < 4.78 is 0. The van der Waals surface area contributed by atoms with Crippen molar-refractivity contribution in [3.8, 4) is 0 Å². The van der Waals surface area contributed by atoms with Gasteiger partial charge in [0.2, 0.25) is 0 Å². The van der Waals surface area contributed by atoms with Crippen LogP contribution in [-0.4, -0.2) is 13.1 Å².